The Morgan fingerprint density at radius 2 is 2.11 bits per heavy atom. The summed E-state index contributed by atoms with van der Waals surface area (Å²) < 4.78 is 11.3. The fourth-order valence-corrected chi connectivity index (χ4v) is 2.25. The normalized spacial score (nSPS) is 16.3. The van der Waals surface area contributed by atoms with E-state index < -0.39 is 0 Å². The average molecular weight is 286 g/mol. The van der Waals surface area contributed by atoms with Crippen molar-refractivity contribution < 1.29 is 14.6 Å². The lowest BCUT2D eigenvalue weighted by Gasteiger charge is -2.23. The van der Waals surface area contributed by atoms with Crippen molar-refractivity contribution in [1.29, 1.82) is 0 Å². The number of rotatable bonds is 4. The Morgan fingerprint density at radius 3 is 2.84 bits per heavy atom. The molecular formula is C14H20ClNO3. The SMILES string of the molecule is CC(CO)N(C)Cc1cc(Cl)c2c(c1)OCCCO2. The van der Waals surface area contributed by atoms with E-state index in [1.165, 1.54) is 0 Å². The third-order valence-corrected chi connectivity index (χ3v) is 3.59. The molecule has 1 N–H and O–H groups in total. The second-order valence-corrected chi connectivity index (χ2v) is 5.31. The molecule has 0 aromatic heterocycles. The Kier molecular flexibility index (Phi) is 4.91. The minimum atomic E-state index is 0.106. The summed E-state index contributed by atoms with van der Waals surface area (Å²) in [4.78, 5) is 2.07. The number of nitrogens with zero attached hydrogens (tertiary/aromatic N) is 1. The molecule has 0 saturated carbocycles. The molecule has 0 fully saturated rings. The number of halogens is 1. The van der Waals surface area contributed by atoms with Crippen molar-refractivity contribution in [2.45, 2.75) is 25.9 Å². The third kappa shape index (κ3) is 3.53. The van der Waals surface area contributed by atoms with Crippen LogP contribution in [-0.2, 0) is 6.54 Å². The lowest BCUT2D eigenvalue weighted by Crippen LogP contribution is -2.31. The predicted molar refractivity (Wildman–Crippen MR) is 75.1 cm³/mol. The van der Waals surface area contributed by atoms with E-state index in [0.717, 1.165) is 12.0 Å². The van der Waals surface area contributed by atoms with Crippen molar-refractivity contribution in [2.75, 3.05) is 26.9 Å². The van der Waals surface area contributed by atoms with Gasteiger partial charge in [-0.25, -0.2) is 0 Å². The number of benzene rings is 1. The summed E-state index contributed by atoms with van der Waals surface area (Å²) in [7, 11) is 1.97. The number of fused-ring (bicyclic) bond motifs is 1. The van der Waals surface area contributed by atoms with E-state index in [-0.39, 0.29) is 12.6 Å². The van der Waals surface area contributed by atoms with Crippen LogP contribution in [0.1, 0.15) is 18.9 Å². The van der Waals surface area contributed by atoms with E-state index in [1.54, 1.807) is 0 Å². The first kappa shape index (κ1) is 14.4. The highest BCUT2D eigenvalue weighted by molar-refractivity contribution is 6.32. The number of aliphatic hydroxyl groups excluding tert-OH is 1. The lowest BCUT2D eigenvalue weighted by atomic mass is 10.1. The second-order valence-electron chi connectivity index (χ2n) is 4.90. The van der Waals surface area contributed by atoms with Gasteiger partial charge in [-0.1, -0.05) is 11.6 Å². The zero-order valence-electron chi connectivity index (χ0n) is 11.4. The number of hydrogen-bond donors (Lipinski definition) is 1. The zero-order chi connectivity index (χ0) is 13.8. The highest BCUT2D eigenvalue weighted by atomic mass is 35.5. The molecule has 0 amide bonds. The molecule has 1 aromatic rings. The van der Waals surface area contributed by atoms with E-state index in [2.05, 4.69) is 4.90 Å². The molecule has 1 heterocycles. The van der Waals surface area contributed by atoms with Crippen molar-refractivity contribution in [3.8, 4) is 11.5 Å². The van der Waals surface area contributed by atoms with E-state index >= 15 is 0 Å². The smallest absolute Gasteiger partial charge is 0.179 e. The molecule has 1 aliphatic rings. The Hall–Kier alpha value is -0.970. The maximum atomic E-state index is 9.15. The van der Waals surface area contributed by atoms with Gasteiger partial charge in [-0.05, 0) is 31.7 Å². The van der Waals surface area contributed by atoms with Crippen LogP contribution in [0, 0.1) is 0 Å². The Bertz CT molecular complexity index is 439. The minimum Gasteiger partial charge on any atom is -0.489 e. The topological polar surface area (TPSA) is 41.9 Å². The molecule has 2 rings (SSSR count). The Labute approximate surface area is 118 Å². The van der Waals surface area contributed by atoms with E-state index in [0.29, 0.717) is 36.3 Å². The summed E-state index contributed by atoms with van der Waals surface area (Å²) in [5.41, 5.74) is 1.05. The molecule has 4 nitrogen and oxygen atoms in total. The van der Waals surface area contributed by atoms with Crippen LogP contribution in [0.25, 0.3) is 0 Å². The molecule has 0 saturated heterocycles. The van der Waals surface area contributed by atoms with Crippen LogP contribution in [0.5, 0.6) is 11.5 Å². The molecule has 1 aliphatic heterocycles. The van der Waals surface area contributed by atoms with Crippen molar-refractivity contribution >= 4 is 11.6 Å². The number of ether oxygens (including phenoxy) is 2. The minimum absolute atomic E-state index is 0.106. The Balaban J connectivity index is 2.19. The number of hydrogen-bond acceptors (Lipinski definition) is 4. The molecular weight excluding hydrogens is 266 g/mol. The highest BCUT2D eigenvalue weighted by Gasteiger charge is 2.17. The highest BCUT2D eigenvalue weighted by Crippen LogP contribution is 2.38. The summed E-state index contributed by atoms with van der Waals surface area (Å²) in [5, 5.41) is 9.74. The molecule has 1 atom stereocenters. The lowest BCUT2D eigenvalue weighted by molar-refractivity contribution is 0.154. The molecule has 106 valence electrons. The van der Waals surface area contributed by atoms with Crippen LogP contribution >= 0.6 is 11.6 Å². The largest absolute Gasteiger partial charge is 0.489 e. The van der Waals surface area contributed by atoms with Crippen LogP contribution in [0.4, 0.5) is 0 Å². The van der Waals surface area contributed by atoms with Gasteiger partial charge in [0.1, 0.15) is 0 Å². The first-order chi connectivity index (χ1) is 9.11. The van der Waals surface area contributed by atoms with Crippen molar-refractivity contribution in [1.82, 2.24) is 4.90 Å². The first-order valence-electron chi connectivity index (χ1n) is 6.51. The predicted octanol–water partition coefficient (Wildman–Crippen LogP) is 2.31. The molecule has 0 spiro atoms. The van der Waals surface area contributed by atoms with Crippen molar-refractivity contribution in [2.24, 2.45) is 0 Å². The van der Waals surface area contributed by atoms with Crippen molar-refractivity contribution in [3.05, 3.63) is 22.7 Å². The van der Waals surface area contributed by atoms with Crippen molar-refractivity contribution in [3.63, 3.8) is 0 Å². The van der Waals surface area contributed by atoms with Gasteiger partial charge in [0.2, 0.25) is 0 Å². The van der Waals surface area contributed by atoms with Crippen LogP contribution in [0.15, 0.2) is 12.1 Å². The first-order valence-corrected chi connectivity index (χ1v) is 6.88. The summed E-state index contributed by atoms with van der Waals surface area (Å²) in [6.45, 7) is 4.10. The van der Waals surface area contributed by atoms with Gasteiger partial charge in [-0.2, -0.15) is 0 Å². The third-order valence-electron chi connectivity index (χ3n) is 3.31. The summed E-state index contributed by atoms with van der Waals surface area (Å²) in [5.74, 6) is 1.35. The molecule has 0 aliphatic carbocycles. The van der Waals surface area contributed by atoms with Gasteiger partial charge in [-0.15, -0.1) is 0 Å². The summed E-state index contributed by atoms with van der Waals surface area (Å²) >= 11 is 6.24. The standard InChI is InChI=1S/C14H20ClNO3/c1-10(9-17)16(2)8-11-6-12(15)14-13(7-11)18-4-3-5-19-14/h6-7,10,17H,3-5,8-9H2,1-2H3. The maximum Gasteiger partial charge on any atom is 0.179 e. The summed E-state index contributed by atoms with van der Waals surface area (Å²) in [6, 6.07) is 3.97. The average Bonchev–Trinajstić information content (AvgIpc) is 2.63. The van der Waals surface area contributed by atoms with Crippen LogP contribution in [0.2, 0.25) is 5.02 Å². The van der Waals surface area contributed by atoms with Crippen LogP contribution in [0.3, 0.4) is 0 Å². The molecule has 1 aromatic carbocycles. The van der Waals surface area contributed by atoms with Gasteiger partial charge in [0, 0.05) is 19.0 Å². The fourth-order valence-electron chi connectivity index (χ4n) is 1.96. The van der Waals surface area contributed by atoms with Gasteiger partial charge in [-0.3, -0.25) is 4.90 Å². The molecule has 19 heavy (non-hydrogen) atoms. The van der Waals surface area contributed by atoms with Gasteiger partial charge in [0.05, 0.1) is 24.8 Å². The molecule has 1 unspecified atom stereocenters. The van der Waals surface area contributed by atoms with Gasteiger partial charge >= 0.3 is 0 Å². The molecule has 5 heteroatoms. The molecule has 0 bridgehead atoms. The molecule has 0 radical (unpaired) electrons. The van der Waals surface area contributed by atoms with Crippen LogP contribution in [-0.4, -0.2) is 42.9 Å². The number of aliphatic hydroxyl groups is 1. The van der Waals surface area contributed by atoms with Gasteiger partial charge in [0.25, 0.3) is 0 Å². The van der Waals surface area contributed by atoms with E-state index in [9.17, 15) is 0 Å². The second kappa shape index (κ2) is 6.46. The zero-order valence-corrected chi connectivity index (χ0v) is 12.1. The summed E-state index contributed by atoms with van der Waals surface area (Å²) in [6.07, 6.45) is 0.863. The Morgan fingerprint density at radius 1 is 1.37 bits per heavy atom. The van der Waals surface area contributed by atoms with Gasteiger partial charge in [0.15, 0.2) is 11.5 Å². The quantitative estimate of drug-likeness (QED) is 0.922. The van der Waals surface area contributed by atoms with E-state index in [1.807, 2.05) is 26.1 Å². The van der Waals surface area contributed by atoms with Crippen LogP contribution < -0.4 is 9.47 Å². The van der Waals surface area contributed by atoms with Gasteiger partial charge < -0.3 is 14.6 Å². The van der Waals surface area contributed by atoms with E-state index in [4.69, 9.17) is 26.2 Å². The maximum absolute atomic E-state index is 9.15. The monoisotopic (exact) mass is 285 g/mol. The fraction of sp³-hybridized carbons (Fsp3) is 0.571. The number of likely N-dealkylation sites (N-methyl/N-ethyl adjacent to an activating group) is 1.